The van der Waals surface area contributed by atoms with Gasteiger partial charge >= 0.3 is 6.18 Å². The Morgan fingerprint density at radius 1 is 1.38 bits per heavy atom. The van der Waals surface area contributed by atoms with Crippen molar-refractivity contribution in [1.29, 1.82) is 0 Å². The average molecular weight is 305 g/mol. The minimum atomic E-state index is -4.48. The SMILES string of the molecule is Cc1nn(CC(C)C)c(C)c1C1(C(F)(F)F)CNCCO1. The maximum Gasteiger partial charge on any atom is 0.423 e. The third kappa shape index (κ3) is 2.81. The Kier molecular flexibility index (Phi) is 4.35. The minimum Gasteiger partial charge on any atom is -0.358 e. The molecular weight excluding hydrogens is 283 g/mol. The summed E-state index contributed by atoms with van der Waals surface area (Å²) < 4.78 is 48.0. The molecule has 0 amide bonds. The van der Waals surface area contributed by atoms with Crippen LogP contribution >= 0.6 is 0 Å². The maximum absolute atomic E-state index is 13.7. The Morgan fingerprint density at radius 2 is 2.05 bits per heavy atom. The second-order valence-corrected chi connectivity index (χ2v) is 5.97. The summed E-state index contributed by atoms with van der Waals surface area (Å²) >= 11 is 0. The van der Waals surface area contributed by atoms with Crippen molar-refractivity contribution in [3.8, 4) is 0 Å². The summed E-state index contributed by atoms with van der Waals surface area (Å²) in [5, 5.41) is 7.10. The van der Waals surface area contributed by atoms with Crippen molar-refractivity contribution < 1.29 is 17.9 Å². The highest BCUT2D eigenvalue weighted by Crippen LogP contribution is 2.45. The number of alkyl halides is 3. The Morgan fingerprint density at radius 3 is 2.52 bits per heavy atom. The fourth-order valence-electron chi connectivity index (χ4n) is 2.90. The number of hydrogen-bond donors (Lipinski definition) is 1. The molecule has 0 spiro atoms. The van der Waals surface area contributed by atoms with Gasteiger partial charge in [-0.05, 0) is 19.8 Å². The van der Waals surface area contributed by atoms with Gasteiger partial charge in [-0.2, -0.15) is 18.3 Å². The van der Waals surface area contributed by atoms with Crippen molar-refractivity contribution in [2.24, 2.45) is 5.92 Å². The lowest BCUT2D eigenvalue weighted by Gasteiger charge is -2.39. The number of nitrogens with one attached hydrogen (secondary N) is 1. The number of aromatic nitrogens is 2. The van der Waals surface area contributed by atoms with Crippen LogP contribution in [0.2, 0.25) is 0 Å². The van der Waals surface area contributed by atoms with E-state index < -0.39 is 11.8 Å². The lowest BCUT2D eigenvalue weighted by atomic mass is 9.89. The van der Waals surface area contributed by atoms with Crippen LogP contribution in [0.25, 0.3) is 0 Å². The summed E-state index contributed by atoms with van der Waals surface area (Å²) in [6.45, 7) is 8.10. The summed E-state index contributed by atoms with van der Waals surface area (Å²) in [4.78, 5) is 0. The van der Waals surface area contributed by atoms with Crippen LogP contribution < -0.4 is 5.32 Å². The molecule has 1 saturated heterocycles. The van der Waals surface area contributed by atoms with Crippen LogP contribution in [-0.4, -0.2) is 35.7 Å². The molecule has 1 aromatic rings. The molecule has 0 radical (unpaired) electrons. The van der Waals surface area contributed by atoms with Crippen LogP contribution in [0.5, 0.6) is 0 Å². The zero-order chi connectivity index (χ0) is 15.8. The Bertz CT molecular complexity index is 502. The molecule has 1 aliphatic rings. The molecular formula is C14H22F3N3O. The number of morpholine rings is 1. The van der Waals surface area contributed by atoms with E-state index in [1.54, 1.807) is 18.5 Å². The van der Waals surface area contributed by atoms with Crippen molar-refractivity contribution in [3.63, 3.8) is 0 Å². The van der Waals surface area contributed by atoms with E-state index in [0.717, 1.165) is 0 Å². The molecule has 1 unspecified atom stereocenters. The first kappa shape index (κ1) is 16.3. The quantitative estimate of drug-likeness (QED) is 0.933. The van der Waals surface area contributed by atoms with E-state index in [2.05, 4.69) is 10.4 Å². The number of aryl methyl sites for hydroxylation is 1. The second kappa shape index (κ2) is 5.61. The van der Waals surface area contributed by atoms with Gasteiger partial charge in [0.15, 0.2) is 0 Å². The van der Waals surface area contributed by atoms with Crippen LogP contribution in [0.1, 0.15) is 30.8 Å². The van der Waals surface area contributed by atoms with Crippen LogP contribution in [0.3, 0.4) is 0 Å². The van der Waals surface area contributed by atoms with Crippen molar-refractivity contribution in [1.82, 2.24) is 15.1 Å². The van der Waals surface area contributed by atoms with Crippen molar-refractivity contribution in [3.05, 3.63) is 17.0 Å². The Labute approximate surface area is 122 Å². The lowest BCUT2D eigenvalue weighted by Crippen LogP contribution is -2.56. The zero-order valence-electron chi connectivity index (χ0n) is 12.8. The normalized spacial score (nSPS) is 23.8. The first-order chi connectivity index (χ1) is 9.69. The Hall–Kier alpha value is -1.08. The van der Waals surface area contributed by atoms with E-state index >= 15 is 0 Å². The number of ether oxygens (including phenoxy) is 1. The van der Waals surface area contributed by atoms with Crippen LogP contribution in [0.15, 0.2) is 0 Å². The van der Waals surface area contributed by atoms with Gasteiger partial charge in [0.05, 0.1) is 12.3 Å². The largest absolute Gasteiger partial charge is 0.423 e. The summed E-state index contributed by atoms with van der Waals surface area (Å²) in [6.07, 6.45) is -4.48. The van der Waals surface area contributed by atoms with Gasteiger partial charge in [0, 0.05) is 30.9 Å². The molecule has 7 heteroatoms. The third-order valence-electron chi connectivity index (χ3n) is 3.78. The summed E-state index contributed by atoms with van der Waals surface area (Å²) in [5.74, 6) is 0.308. The smallest absolute Gasteiger partial charge is 0.358 e. The molecule has 2 heterocycles. The number of nitrogens with zero attached hydrogens (tertiary/aromatic N) is 2. The third-order valence-corrected chi connectivity index (χ3v) is 3.78. The molecule has 0 saturated carbocycles. The van der Waals surface area contributed by atoms with E-state index in [1.165, 1.54) is 0 Å². The molecule has 1 atom stereocenters. The van der Waals surface area contributed by atoms with E-state index in [0.29, 0.717) is 30.4 Å². The molecule has 0 bridgehead atoms. The van der Waals surface area contributed by atoms with E-state index in [4.69, 9.17) is 4.74 Å². The van der Waals surface area contributed by atoms with Gasteiger partial charge in [0.25, 0.3) is 0 Å². The van der Waals surface area contributed by atoms with Gasteiger partial charge in [-0.1, -0.05) is 13.8 Å². The van der Waals surface area contributed by atoms with Gasteiger partial charge in [0.2, 0.25) is 5.60 Å². The fraction of sp³-hybridized carbons (Fsp3) is 0.786. The topological polar surface area (TPSA) is 39.1 Å². The minimum absolute atomic E-state index is 0.0355. The summed E-state index contributed by atoms with van der Waals surface area (Å²) in [6, 6.07) is 0. The second-order valence-electron chi connectivity index (χ2n) is 5.97. The van der Waals surface area contributed by atoms with E-state index in [9.17, 15) is 13.2 Å². The number of hydrogen-bond acceptors (Lipinski definition) is 3. The van der Waals surface area contributed by atoms with Crippen LogP contribution in [0, 0.1) is 19.8 Å². The lowest BCUT2D eigenvalue weighted by molar-refractivity contribution is -0.290. The summed E-state index contributed by atoms with van der Waals surface area (Å²) in [7, 11) is 0. The molecule has 120 valence electrons. The zero-order valence-corrected chi connectivity index (χ0v) is 12.8. The van der Waals surface area contributed by atoms with Crippen LogP contribution in [-0.2, 0) is 16.9 Å². The first-order valence-electron chi connectivity index (χ1n) is 7.15. The molecule has 0 aromatic carbocycles. The Balaban J connectivity index is 2.53. The van der Waals surface area contributed by atoms with E-state index in [1.807, 2.05) is 13.8 Å². The van der Waals surface area contributed by atoms with Crippen molar-refractivity contribution in [2.45, 2.75) is 46.0 Å². The fourth-order valence-corrected chi connectivity index (χ4v) is 2.90. The molecule has 1 aliphatic heterocycles. The molecule has 4 nitrogen and oxygen atoms in total. The summed E-state index contributed by atoms with van der Waals surface area (Å²) in [5.41, 5.74) is -1.23. The van der Waals surface area contributed by atoms with Crippen LogP contribution in [0.4, 0.5) is 13.2 Å². The number of halogens is 3. The average Bonchev–Trinajstić information content (AvgIpc) is 2.63. The van der Waals surface area contributed by atoms with Crippen molar-refractivity contribution >= 4 is 0 Å². The van der Waals surface area contributed by atoms with Gasteiger partial charge in [0.1, 0.15) is 0 Å². The van der Waals surface area contributed by atoms with Crippen molar-refractivity contribution in [2.75, 3.05) is 19.7 Å². The molecule has 2 rings (SSSR count). The molecule has 1 aromatic heterocycles. The highest BCUT2D eigenvalue weighted by molar-refractivity contribution is 5.34. The van der Waals surface area contributed by atoms with Gasteiger partial charge in [-0.15, -0.1) is 0 Å². The molecule has 0 aliphatic carbocycles. The van der Waals surface area contributed by atoms with Gasteiger partial charge < -0.3 is 10.1 Å². The predicted molar refractivity (Wildman–Crippen MR) is 73.1 cm³/mol. The van der Waals surface area contributed by atoms with E-state index in [-0.39, 0.29) is 18.7 Å². The maximum atomic E-state index is 13.7. The molecule has 1 N–H and O–H groups in total. The molecule has 1 fully saturated rings. The number of rotatable bonds is 3. The standard InChI is InChI=1S/C14H22F3N3O/c1-9(2)7-20-11(4)12(10(3)19-20)13(14(15,16)17)8-18-5-6-21-13/h9,18H,5-8H2,1-4H3. The highest BCUT2D eigenvalue weighted by atomic mass is 19.4. The van der Waals surface area contributed by atoms with Gasteiger partial charge in [-0.3, -0.25) is 4.68 Å². The van der Waals surface area contributed by atoms with Gasteiger partial charge in [-0.25, -0.2) is 0 Å². The molecule has 21 heavy (non-hydrogen) atoms. The first-order valence-corrected chi connectivity index (χ1v) is 7.15. The highest BCUT2D eigenvalue weighted by Gasteiger charge is 2.60. The monoisotopic (exact) mass is 305 g/mol. The predicted octanol–water partition coefficient (Wildman–Crippen LogP) is 2.53.